The number of aromatic nitrogens is 5. The number of carbonyl (C=O) groups excluding carboxylic acids is 1. The highest BCUT2D eigenvalue weighted by atomic mass is 32.2. The van der Waals surface area contributed by atoms with Crippen molar-refractivity contribution in [3.63, 3.8) is 0 Å². The SMILES string of the molecule is CCC(=O)c1cnc(Nc2ccc(S(=O)(=O)CC)cn2)cc1Nc1cccc(-c2ncn(C)n2)c1OC. The third kappa shape index (κ3) is 5.59. The maximum atomic E-state index is 12.7. The topological polar surface area (TPSA) is 141 Å². The molecule has 0 spiro atoms. The van der Waals surface area contributed by atoms with Gasteiger partial charge in [-0.25, -0.2) is 23.4 Å². The Labute approximate surface area is 214 Å². The van der Waals surface area contributed by atoms with Crippen LogP contribution in [0.4, 0.5) is 23.0 Å². The number of anilines is 4. The predicted molar refractivity (Wildman–Crippen MR) is 140 cm³/mol. The van der Waals surface area contributed by atoms with Gasteiger partial charge in [-0.2, -0.15) is 5.10 Å². The predicted octanol–water partition coefficient (Wildman–Crippen LogP) is 4.15. The van der Waals surface area contributed by atoms with Crippen LogP contribution in [0.1, 0.15) is 30.6 Å². The van der Waals surface area contributed by atoms with Crippen molar-refractivity contribution >= 4 is 38.6 Å². The molecule has 3 aromatic heterocycles. The van der Waals surface area contributed by atoms with Crippen LogP contribution >= 0.6 is 0 Å². The van der Waals surface area contributed by atoms with Gasteiger partial charge in [0.05, 0.1) is 40.3 Å². The standard InChI is InChI=1S/C25H27N7O4S/c1-5-21(33)18-14-27-23(30-22-11-10-16(13-26-22)37(34,35)6-2)12-20(18)29-19-9-7-8-17(24(19)36-4)25-28-15-32(3)31-25/h7-15H,5-6H2,1-4H3,(H2,26,27,29,30). The summed E-state index contributed by atoms with van der Waals surface area (Å²) in [7, 11) is -0.0154. The molecule has 0 aliphatic rings. The average molecular weight is 522 g/mol. The summed E-state index contributed by atoms with van der Waals surface area (Å²) >= 11 is 0. The summed E-state index contributed by atoms with van der Waals surface area (Å²) in [6.07, 6.45) is 4.69. The van der Waals surface area contributed by atoms with E-state index in [4.69, 9.17) is 4.74 Å². The van der Waals surface area contributed by atoms with E-state index >= 15 is 0 Å². The number of Topliss-reactive ketones (excluding diaryl/α,β-unsaturated/α-hetero) is 1. The highest BCUT2D eigenvalue weighted by Gasteiger charge is 2.18. The number of ether oxygens (including phenoxy) is 1. The van der Waals surface area contributed by atoms with Gasteiger partial charge in [0.1, 0.15) is 18.0 Å². The van der Waals surface area contributed by atoms with Crippen LogP contribution in [-0.2, 0) is 16.9 Å². The molecule has 4 aromatic rings. The summed E-state index contributed by atoms with van der Waals surface area (Å²) in [5.41, 5.74) is 2.23. The van der Waals surface area contributed by atoms with Crippen LogP contribution in [0.25, 0.3) is 11.4 Å². The summed E-state index contributed by atoms with van der Waals surface area (Å²) in [5, 5.41) is 10.7. The van der Waals surface area contributed by atoms with Gasteiger partial charge < -0.3 is 15.4 Å². The van der Waals surface area contributed by atoms with Crippen molar-refractivity contribution in [3.05, 3.63) is 60.7 Å². The molecule has 0 atom stereocenters. The van der Waals surface area contributed by atoms with E-state index in [2.05, 4.69) is 30.7 Å². The first-order valence-corrected chi connectivity index (χ1v) is 13.2. The number of hydrogen-bond acceptors (Lipinski definition) is 10. The lowest BCUT2D eigenvalue weighted by Crippen LogP contribution is -2.07. The van der Waals surface area contributed by atoms with E-state index in [1.807, 2.05) is 18.2 Å². The van der Waals surface area contributed by atoms with Crippen molar-refractivity contribution in [2.75, 3.05) is 23.5 Å². The highest BCUT2D eigenvalue weighted by Crippen LogP contribution is 2.37. The number of para-hydroxylation sites is 1. The number of methoxy groups -OCH3 is 1. The highest BCUT2D eigenvalue weighted by molar-refractivity contribution is 7.91. The second-order valence-electron chi connectivity index (χ2n) is 8.05. The summed E-state index contributed by atoms with van der Waals surface area (Å²) in [5.74, 6) is 1.75. The van der Waals surface area contributed by atoms with Gasteiger partial charge in [0, 0.05) is 31.9 Å². The van der Waals surface area contributed by atoms with Gasteiger partial charge in [-0.05, 0) is 24.3 Å². The van der Waals surface area contributed by atoms with Gasteiger partial charge in [0.25, 0.3) is 0 Å². The Morgan fingerprint density at radius 1 is 1.00 bits per heavy atom. The fourth-order valence-corrected chi connectivity index (χ4v) is 4.44. The summed E-state index contributed by atoms with van der Waals surface area (Å²) in [6.45, 7) is 3.36. The van der Waals surface area contributed by atoms with Gasteiger partial charge in [-0.3, -0.25) is 9.48 Å². The first-order valence-electron chi connectivity index (χ1n) is 11.5. The molecule has 0 aliphatic carbocycles. The molecule has 3 heterocycles. The third-order valence-electron chi connectivity index (χ3n) is 5.59. The van der Waals surface area contributed by atoms with Crippen LogP contribution in [0.5, 0.6) is 5.75 Å². The molecule has 11 nitrogen and oxygen atoms in total. The van der Waals surface area contributed by atoms with E-state index in [1.165, 1.54) is 18.5 Å². The Morgan fingerprint density at radius 2 is 1.78 bits per heavy atom. The van der Waals surface area contributed by atoms with Crippen LogP contribution in [0, 0.1) is 0 Å². The van der Waals surface area contributed by atoms with Crippen molar-refractivity contribution < 1.29 is 17.9 Å². The van der Waals surface area contributed by atoms with Crippen LogP contribution in [0.3, 0.4) is 0 Å². The normalized spacial score (nSPS) is 11.2. The summed E-state index contributed by atoms with van der Waals surface area (Å²) < 4.78 is 31.4. The monoisotopic (exact) mass is 521 g/mol. The lowest BCUT2D eigenvalue weighted by molar-refractivity contribution is 0.0988. The number of aryl methyl sites for hydroxylation is 1. The third-order valence-corrected chi connectivity index (χ3v) is 7.31. The number of carbonyl (C=O) groups is 1. The van der Waals surface area contributed by atoms with Crippen molar-refractivity contribution in [1.82, 2.24) is 24.7 Å². The molecule has 0 saturated carbocycles. The molecular weight excluding hydrogens is 494 g/mol. The Morgan fingerprint density at radius 3 is 2.41 bits per heavy atom. The van der Waals surface area contributed by atoms with Gasteiger partial charge in [0.2, 0.25) is 0 Å². The molecule has 0 radical (unpaired) electrons. The summed E-state index contributed by atoms with van der Waals surface area (Å²) in [6, 6.07) is 10.3. The fourth-order valence-electron chi connectivity index (χ4n) is 3.62. The van der Waals surface area contributed by atoms with E-state index in [0.29, 0.717) is 52.1 Å². The van der Waals surface area contributed by atoms with E-state index in [-0.39, 0.29) is 16.4 Å². The van der Waals surface area contributed by atoms with Gasteiger partial charge >= 0.3 is 0 Å². The number of nitrogens with one attached hydrogen (secondary N) is 2. The van der Waals surface area contributed by atoms with Crippen LogP contribution in [0.15, 0.2) is 60.0 Å². The Hall–Kier alpha value is -4.32. The molecule has 192 valence electrons. The van der Waals surface area contributed by atoms with Crippen molar-refractivity contribution in [2.24, 2.45) is 7.05 Å². The van der Waals surface area contributed by atoms with Gasteiger partial charge in [0.15, 0.2) is 27.2 Å². The lowest BCUT2D eigenvalue weighted by atomic mass is 10.1. The molecule has 12 heteroatoms. The van der Waals surface area contributed by atoms with Crippen molar-refractivity contribution in [2.45, 2.75) is 25.2 Å². The van der Waals surface area contributed by atoms with Crippen molar-refractivity contribution in [1.29, 1.82) is 0 Å². The minimum Gasteiger partial charge on any atom is -0.494 e. The molecule has 2 N–H and O–H groups in total. The molecule has 0 unspecified atom stereocenters. The largest absolute Gasteiger partial charge is 0.494 e. The minimum absolute atomic E-state index is 0.00792. The number of sulfone groups is 1. The molecule has 0 aliphatic heterocycles. The second kappa shape index (κ2) is 10.7. The Kier molecular flexibility index (Phi) is 7.48. The zero-order chi connectivity index (χ0) is 26.6. The second-order valence-corrected chi connectivity index (χ2v) is 10.3. The molecule has 1 aromatic carbocycles. The first kappa shape index (κ1) is 25.8. The quantitative estimate of drug-likeness (QED) is 0.292. The fraction of sp³-hybridized carbons (Fsp3) is 0.240. The number of pyridine rings is 2. The molecule has 0 fully saturated rings. The Bertz CT molecular complexity index is 1530. The Balaban J connectivity index is 1.69. The molecule has 4 rings (SSSR count). The van der Waals surface area contributed by atoms with Crippen LogP contribution < -0.4 is 15.4 Å². The average Bonchev–Trinajstić information content (AvgIpc) is 3.34. The number of rotatable bonds is 10. The van der Waals surface area contributed by atoms with Crippen LogP contribution in [-0.4, -0.2) is 51.8 Å². The zero-order valence-electron chi connectivity index (χ0n) is 20.9. The van der Waals surface area contributed by atoms with E-state index < -0.39 is 9.84 Å². The smallest absolute Gasteiger partial charge is 0.184 e. The van der Waals surface area contributed by atoms with Crippen molar-refractivity contribution in [3.8, 4) is 17.1 Å². The van der Waals surface area contributed by atoms with E-state index in [1.54, 1.807) is 51.1 Å². The van der Waals surface area contributed by atoms with Crippen LogP contribution in [0.2, 0.25) is 0 Å². The molecule has 0 amide bonds. The number of benzene rings is 1. The summed E-state index contributed by atoms with van der Waals surface area (Å²) in [4.78, 5) is 25.7. The zero-order valence-corrected chi connectivity index (χ0v) is 21.7. The van der Waals surface area contributed by atoms with Gasteiger partial charge in [-0.15, -0.1) is 0 Å². The number of hydrogen-bond donors (Lipinski definition) is 2. The molecular formula is C25H27N7O4S. The minimum atomic E-state index is -3.35. The number of nitrogens with zero attached hydrogens (tertiary/aromatic N) is 5. The maximum Gasteiger partial charge on any atom is 0.184 e. The van der Waals surface area contributed by atoms with E-state index in [0.717, 1.165) is 0 Å². The van der Waals surface area contributed by atoms with E-state index in [9.17, 15) is 13.2 Å². The first-order chi connectivity index (χ1) is 17.7. The van der Waals surface area contributed by atoms with Gasteiger partial charge in [-0.1, -0.05) is 19.9 Å². The molecule has 0 saturated heterocycles. The lowest BCUT2D eigenvalue weighted by Gasteiger charge is -2.17. The molecule has 0 bridgehead atoms. The maximum absolute atomic E-state index is 12.7. The molecule has 37 heavy (non-hydrogen) atoms. The number of ketones is 1.